The zero-order valence-electron chi connectivity index (χ0n) is 13.3. The van der Waals surface area contributed by atoms with Gasteiger partial charge in [-0.15, -0.1) is 0 Å². The third kappa shape index (κ3) is 5.61. The molecular formula is C15H29N3O2. The standard InChI is InChI=1S/C15H29N3O2/c1-5-15(6-2)18-8-7-13(17-18)11-14(16-3)12-20-10-9-19-4/h7-8,14-16H,5-6,9-12H2,1-4H3. The second kappa shape index (κ2) is 9.91. The van der Waals surface area contributed by atoms with Crippen molar-refractivity contribution in [1.29, 1.82) is 0 Å². The lowest BCUT2D eigenvalue weighted by Crippen LogP contribution is -2.33. The summed E-state index contributed by atoms with van der Waals surface area (Å²) in [5, 5.41) is 7.96. The number of aromatic nitrogens is 2. The average Bonchev–Trinajstić information content (AvgIpc) is 2.92. The summed E-state index contributed by atoms with van der Waals surface area (Å²) in [6.07, 6.45) is 5.21. The summed E-state index contributed by atoms with van der Waals surface area (Å²) >= 11 is 0. The first-order chi connectivity index (χ1) is 9.74. The molecule has 0 bridgehead atoms. The van der Waals surface area contributed by atoms with Gasteiger partial charge in [0, 0.05) is 25.8 Å². The van der Waals surface area contributed by atoms with Gasteiger partial charge in [-0.05, 0) is 26.0 Å². The van der Waals surface area contributed by atoms with E-state index in [1.54, 1.807) is 7.11 Å². The molecule has 0 spiro atoms. The first kappa shape index (κ1) is 17.1. The quantitative estimate of drug-likeness (QED) is 0.631. The first-order valence-corrected chi connectivity index (χ1v) is 7.53. The molecule has 0 aliphatic rings. The molecule has 0 amide bonds. The molecule has 0 saturated carbocycles. The Hall–Kier alpha value is -0.910. The predicted molar refractivity (Wildman–Crippen MR) is 81.1 cm³/mol. The zero-order valence-corrected chi connectivity index (χ0v) is 13.3. The van der Waals surface area contributed by atoms with Crippen molar-refractivity contribution in [3.63, 3.8) is 0 Å². The van der Waals surface area contributed by atoms with Gasteiger partial charge >= 0.3 is 0 Å². The Bertz CT molecular complexity index is 351. The number of hydrogen-bond donors (Lipinski definition) is 1. The molecule has 116 valence electrons. The van der Waals surface area contributed by atoms with E-state index >= 15 is 0 Å². The van der Waals surface area contributed by atoms with Gasteiger partial charge in [-0.3, -0.25) is 4.68 Å². The summed E-state index contributed by atoms with van der Waals surface area (Å²) in [7, 11) is 3.64. The van der Waals surface area contributed by atoms with Crippen LogP contribution in [0.2, 0.25) is 0 Å². The minimum Gasteiger partial charge on any atom is -0.382 e. The zero-order chi connectivity index (χ0) is 14.8. The first-order valence-electron chi connectivity index (χ1n) is 7.53. The Labute approximate surface area is 122 Å². The summed E-state index contributed by atoms with van der Waals surface area (Å²) in [5.41, 5.74) is 1.12. The summed E-state index contributed by atoms with van der Waals surface area (Å²) in [6.45, 7) is 6.36. The van der Waals surface area contributed by atoms with Crippen molar-refractivity contribution in [2.45, 2.75) is 45.2 Å². The molecule has 0 aromatic carbocycles. The maximum Gasteiger partial charge on any atom is 0.0701 e. The number of rotatable bonds is 11. The Morgan fingerprint density at radius 2 is 2.05 bits per heavy atom. The molecule has 20 heavy (non-hydrogen) atoms. The van der Waals surface area contributed by atoms with Gasteiger partial charge in [0.15, 0.2) is 0 Å². The fourth-order valence-electron chi connectivity index (χ4n) is 2.22. The monoisotopic (exact) mass is 283 g/mol. The molecule has 5 heteroatoms. The molecule has 1 heterocycles. The van der Waals surface area contributed by atoms with Crippen LogP contribution in [-0.4, -0.2) is 49.8 Å². The lowest BCUT2D eigenvalue weighted by Gasteiger charge is -2.16. The number of likely N-dealkylation sites (N-methyl/N-ethyl adjacent to an activating group) is 1. The molecule has 1 rings (SSSR count). The highest BCUT2D eigenvalue weighted by molar-refractivity contribution is 5.02. The Kier molecular flexibility index (Phi) is 8.49. The number of ether oxygens (including phenoxy) is 2. The van der Waals surface area contributed by atoms with Crippen LogP contribution in [-0.2, 0) is 15.9 Å². The number of hydrogen-bond acceptors (Lipinski definition) is 4. The molecule has 0 fully saturated rings. The molecule has 0 aliphatic heterocycles. The van der Waals surface area contributed by atoms with Crippen LogP contribution in [0.5, 0.6) is 0 Å². The molecule has 0 saturated heterocycles. The number of nitrogens with zero attached hydrogens (tertiary/aromatic N) is 2. The van der Waals surface area contributed by atoms with Crippen LogP contribution in [0.15, 0.2) is 12.3 Å². The van der Waals surface area contributed by atoms with E-state index in [-0.39, 0.29) is 6.04 Å². The summed E-state index contributed by atoms with van der Waals surface area (Å²) in [5.74, 6) is 0. The molecular weight excluding hydrogens is 254 g/mol. The van der Waals surface area contributed by atoms with E-state index in [0.717, 1.165) is 25.0 Å². The molecule has 0 radical (unpaired) electrons. The van der Waals surface area contributed by atoms with Crippen molar-refractivity contribution in [1.82, 2.24) is 15.1 Å². The predicted octanol–water partition coefficient (Wildman–Crippen LogP) is 2.04. The van der Waals surface area contributed by atoms with Crippen molar-refractivity contribution >= 4 is 0 Å². The van der Waals surface area contributed by atoms with Gasteiger partial charge in [0.2, 0.25) is 0 Å². The van der Waals surface area contributed by atoms with Crippen molar-refractivity contribution in [3.05, 3.63) is 18.0 Å². The second-order valence-corrected chi connectivity index (χ2v) is 5.01. The molecule has 1 atom stereocenters. The van der Waals surface area contributed by atoms with Crippen LogP contribution in [0.25, 0.3) is 0 Å². The molecule has 5 nitrogen and oxygen atoms in total. The van der Waals surface area contributed by atoms with Crippen LogP contribution in [0.1, 0.15) is 38.4 Å². The topological polar surface area (TPSA) is 48.3 Å². The van der Waals surface area contributed by atoms with E-state index in [1.165, 1.54) is 0 Å². The van der Waals surface area contributed by atoms with Gasteiger partial charge in [-0.25, -0.2) is 0 Å². The minimum atomic E-state index is 0.289. The molecule has 1 N–H and O–H groups in total. The van der Waals surface area contributed by atoms with E-state index in [0.29, 0.717) is 25.9 Å². The van der Waals surface area contributed by atoms with Gasteiger partial charge in [-0.1, -0.05) is 13.8 Å². The number of methoxy groups -OCH3 is 1. The van der Waals surface area contributed by atoms with Crippen LogP contribution in [0, 0.1) is 0 Å². The average molecular weight is 283 g/mol. The van der Waals surface area contributed by atoms with E-state index in [9.17, 15) is 0 Å². The van der Waals surface area contributed by atoms with Crippen LogP contribution < -0.4 is 5.32 Å². The molecule has 1 aromatic rings. The van der Waals surface area contributed by atoms with Crippen LogP contribution in [0.3, 0.4) is 0 Å². The van der Waals surface area contributed by atoms with E-state index in [2.05, 4.69) is 41.2 Å². The lowest BCUT2D eigenvalue weighted by molar-refractivity contribution is 0.0596. The third-order valence-corrected chi connectivity index (χ3v) is 3.59. The highest BCUT2D eigenvalue weighted by atomic mass is 16.5. The Morgan fingerprint density at radius 3 is 2.65 bits per heavy atom. The van der Waals surface area contributed by atoms with Gasteiger partial charge < -0.3 is 14.8 Å². The Balaban J connectivity index is 2.44. The normalized spacial score (nSPS) is 13.1. The summed E-state index contributed by atoms with van der Waals surface area (Å²) < 4.78 is 12.6. The summed E-state index contributed by atoms with van der Waals surface area (Å²) in [6, 6.07) is 2.91. The van der Waals surface area contributed by atoms with Crippen molar-refractivity contribution in [2.75, 3.05) is 34.0 Å². The molecule has 1 unspecified atom stereocenters. The second-order valence-electron chi connectivity index (χ2n) is 5.01. The fourth-order valence-corrected chi connectivity index (χ4v) is 2.22. The van der Waals surface area contributed by atoms with Crippen molar-refractivity contribution in [3.8, 4) is 0 Å². The smallest absolute Gasteiger partial charge is 0.0701 e. The number of nitrogens with one attached hydrogen (secondary N) is 1. The van der Waals surface area contributed by atoms with Crippen molar-refractivity contribution < 1.29 is 9.47 Å². The Morgan fingerprint density at radius 1 is 1.30 bits per heavy atom. The maximum absolute atomic E-state index is 5.57. The van der Waals surface area contributed by atoms with Gasteiger partial charge in [0.05, 0.1) is 31.6 Å². The van der Waals surface area contributed by atoms with E-state index < -0.39 is 0 Å². The van der Waals surface area contributed by atoms with Crippen molar-refractivity contribution in [2.24, 2.45) is 0 Å². The van der Waals surface area contributed by atoms with Gasteiger partial charge in [0.25, 0.3) is 0 Å². The fraction of sp³-hybridized carbons (Fsp3) is 0.800. The maximum atomic E-state index is 5.57. The largest absolute Gasteiger partial charge is 0.382 e. The third-order valence-electron chi connectivity index (χ3n) is 3.59. The van der Waals surface area contributed by atoms with E-state index in [1.807, 2.05) is 7.05 Å². The van der Waals surface area contributed by atoms with Gasteiger partial charge in [0.1, 0.15) is 0 Å². The lowest BCUT2D eigenvalue weighted by atomic mass is 10.2. The molecule has 1 aromatic heterocycles. The minimum absolute atomic E-state index is 0.289. The molecule has 0 aliphatic carbocycles. The van der Waals surface area contributed by atoms with Crippen LogP contribution >= 0.6 is 0 Å². The van der Waals surface area contributed by atoms with E-state index in [4.69, 9.17) is 9.47 Å². The summed E-state index contributed by atoms with van der Waals surface area (Å²) in [4.78, 5) is 0. The van der Waals surface area contributed by atoms with Gasteiger partial charge in [-0.2, -0.15) is 5.10 Å². The van der Waals surface area contributed by atoms with Crippen LogP contribution in [0.4, 0.5) is 0 Å². The highest BCUT2D eigenvalue weighted by Gasteiger charge is 2.12. The highest BCUT2D eigenvalue weighted by Crippen LogP contribution is 2.15. The SMILES string of the molecule is CCC(CC)n1ccc(CC(COCCOC)NC)n1.